The number of hydrogen-bond acceptors (Lipinski definition) is 1. The monoisotopic (exact) mass is 693 g/mol. The Labute approximate surface area is 293 Å². The van der Waals surface area contributed by atoms with E-state index in [1.165, 1.54) is 68.8 Å². The first-order valence-corrected chi connectivity index (χ1v) is 18.6. The summed E-state index contributed by atoms with van der Waals surface area (Å²) in [6.07, 6.45) is 0. The number of hydrogen-bond donors (Lipinski definition) is 0. The van der Waals surface area contributed by atoms with E-state index in [2.05, 4.69) is 195 Å². The minimum absolute atomic E-state index is 0.107. The molecular weight excluding hydrogens is 657 g/mol. The first-order valence-electron chi connectivity index (χ1n) is 16.9. The van der Waals surface area contributed by atoms with Gasteiger partial charge in [0.15, 0.2) is 0 Å². The van der Waals surface area contributed by atoms with Gasteiger partial charge in [-0.2, -0.15) is 0 Å². The van der Waals surface area contributed by atoms with Crippen LogP contribution in [0, 0.1) is 0 Å². The van der Waals surface area contributed by atoms with E-state index in [1.54, 1.807) is 0 Å². The molecule has 0 N–H and O–H groups in total. The molecule has 0 atom stereocenters. The third kappa shape index (κ3) is 5.08. The Morgan fingerprint density at radius 2 is 0.959 bits per heavy atom. The van der Waals surface area contributed by atoms with Gasteiger partial charge in [-0.15, -0.1) is 0 Å². The van der Waals surface area contributed by atoms with Crippen molar-refractivity contribution in [3.05, 3.63) is 187 Å². The second kappa shape index (κ2) is 11.9. The molecule has 234 valence electrons. The van der Waals surface area contributed by atoms with Crippen molar-refractivity contribution in [3.63, 3.8) is 0 Å². The maximum absolute atomic E-state index is 2.47. The van der Waals surface area contributed by atoms with Crippen LogP contribution in [0.1, 0.15) is 25.0 Å². The zero-order valence-corrected chi connectivity index (χ0v) is 29.3. The van der Waals surface area contributed by atoms with E-state index >= 15 is 0 Å². The fraction of sp³-hybridized carbons (Fsp3) is 0.0638. The number of fused-ring (bicyclic) bond motifs is 7. The van der Waals surface area contributed by atoms with Gasteiger partial charge in [-0.25, -0.2) is 0 Å². The molecule has 8 aromatic carbocycles. The molecule has 9 aromatic rings. The average molecular weight is 693 g/mol. The van der Waals surface area contributed by atoms with Crippen molar-refractivity contribution in [3.8, 4) is 11.1 Å². The van der Waals surface area contributed by atoms with Gasteiger partial charge >= 0.3 is 295 Å². The van der Waals surface area contributed by atoms with Gasteiger partial charge in [0.25, 0.3) is 0 Å². The van der Waals surface area contributed by atoms with Crippen LogP contribution in [0.5, 0.6) is 0 Å². The number of nitrogens with zero attached hydrogens (tertiary/aromatic N) is 1. The number of benzene rings is 8. The molecule has 0 saturated carbocycles. The predicted molar refractivity (Wildman–Crippen MR) is 212 cm³/mol. The van der Waals surface area contributed by atoms with E-state index in [0.29, 0.717) is 0 Å². The van der Waals surface area contributed by atoms with Crippen LogP contribution in [0.15, 0.2) is 176 Å². The Bertz CT molecular complexity index is 2600. The molecule has 1 aromatic heterocycles. The maximum atomic E-state index is 2.47. The number of anilines is 3. The Hall–Kier alpha value is -5.40. The molecule has 0 fully saturated rings. The van der Waals surface area contributed by atoms with Gasteiger partial charge in [0.1, 0.15) is 0 Å². The van der Waals surface area contributed by atoms with E-state index in [0.717, 1.165) is 11.4 Å². The van der Waals surface area contributed by atoms with Gasteiger partial charge in [-0.05, 0) is 0 Å². The summed E-state index contributed by atoms with van der Waals surface area (Å²) in [6, 6.07) is 64.7. The third-order valence-corrected chi connectivity index (χ3v) is 12.8. The topological polar surface area (TPSA) is 3.24 Å². The second-order valence-corrected chi connectivity index (χ2v) is 15.5. The Morgan fingerprint density at radius 1 is 0.408 bits per heavy atom. The SMILES string of the molecule is CC(C)(c1ccccc1)c1ccc(N(c2ccc(-c3ccccc3)cc2)c2cccc3c2[se]c2c3ccc3ccc4ccccc4c32)cc1. The summed E-state index contributed by atoms with van der Waals surface area (Å²) in [4.78, 5) is 2.47. The summed E-state index contributed by atoms with van der Waals surface area (Å²) >= 11 is 0.127. The van der Waals surface area contributed by atoms with Crippen LogP contribution >= 0.6 is 0 Å². The molecule has 0 aliphatic heterocycles. The van der Waals surface area contributed by atoms with Crippen molar-refractivity contribution < 1.29 is 0 Å². The Balaban J connectivity index is 1.24. The van der Waals surface area contributed by atoms with Crippen LogP contribution in [-0.2, 0) is 5.41 Å². The molecule has 0 bridgehead atoms. The average Bonchev–Trinajstić information content (AvgIpc) is 3.56. The molecule has 2 heteroatoms. The van der Waals surface area contributed by atoms with Crippen molar-refractivity contribution in [2.24, 2.45) is 0 Å². The van der Waals surface area contributed by atoms with Crippen molar-refractivity contribution in [2.45, 2.75) is 19.3 Å². The zero-order valence-electron chi connectivity index (χ0n) is 27.6. The molecule has 0 aliphatic rings. The first-order chi connectivity index (χ1) is 24.1. The van der Waals surface area contributed by atoms with Crippen LogP contribution in [0.2, 0.25) is 0 Å². The van der Waals surface area contributed by atoms with Gasteiger partial charge in [0.05, 0.1) is 0 Å². The van der Waals surface area contributed by atoms with Crippen LogP contribution in [0.4, 0.5) is 17.1 Å². The molecule has 0 spiro atoms. The molecule has 49 heavy (non-hydrogen) atoms. The normalized spacial score (nSPS) is 11.9. The van der Waals surface area contributed by atoms with Crippen LogP contribution in [0.25, 0.3) is 52.0 Å². The molecule has 0 unspecified atom stereocenters. The summed E-state index contributed by atoms with van der Waals surface area (Å²) < 4.78 is 2.93. The van der Waals surface area contributed by atoms with E-state index in [4.69, 9.17) is 0 Å². The molecule has 1 nitrogen and oxygen atoms in total. The first kappa shape index (κ1) is 29.7. The van der Waals surface area contributed by atoms with E-state index in [9.17, 15) is 0 Å². The van der Waals surface area contributed by atoms with Gasteiger partial charge in [0, 0.05) is 0 Å². The van der Waals surface area contributed by atoms with E-state index in [1.807, 2.05) is 0 Å². The van der Waals surface area contributed by atoms with Gasteiger partial charge in [0.2, 0.25) is 0 Å². The minimum atomic E-state index is -0.107. The second-order valence-electron chi connectivity index (χ2n) is 13.4. The van der Waals surface area contributed by atoms with Crippen LogP contribution in [0.3, 0.4) is 0 Å². The van der Waals surface area contributed by atoms with Crippen molar-refractivity contribution in [1.29, 1.82) is 0 Å². The number of rotatable bonds is 6. The summed E-state index contributed by atoms with van der Waals surface area (Å²) in [6.45, 7) is 4.63. The third-order valence-electron chi connectivity index (χ3n) is 10.2. The molecule has 9 rings (SSSR count). The zero-order chi connectivity index (χ0) is 33.0. The molecule has 0 radical (unpaired) electrons. The summed E-state index contributed by atoms with van der Waals surface area (Å²) in [5.41, 5.74) is 8.53. The molecule has 1 heterocycles. The predicted octanol–water partition coefficient (Wildman–Crippen LogP) is 12.8. The summed E-state index contributed by atoms with van der Waals surface area (Å²) in [5, 5.41) is 8.10. The van der Waals surface area contributed by atoms with Gasteiger partial charge in [-0.3, -0.25) is 0 Å². The van der Waals surface area contributed by atoms with E-state index in [-0.39, 0.29) is 19.9 Å². The van der Waals surface area contributed by atoms with Gasteiger partial charge < -0.3 is 0 Å². The fourth-order valence-corrected chi connectivity index (χ4v) is 10.3. The fourth-order valence-electron chi connectivity index (χ4n) is 7.41. The summed E-state index contributed by atoms with van der Waals surface area (Å²) in [7, 11) is 0. The van der Waals surface area contributed by atoms with Crippen LogP contribution < -0.4 is 4.90 Å². The van der Waals surface area contributed by atoms with Crippen molar-refractivity contribution in [2.75, 3.05) is 4.90 Å². The summed E-state index contributed by atoms with van der Waals surface area (Å²) in [5.74, 6) is 0. The molecule has 0 aliphatic carbocycles. The Kier molecular flexibility index (Phi) is 7.24. The Morgan fingerprint density at radius 3 is 1.71 bits per heavy atom. The standard InChI is InChI=1S/C47H35NSe/c1-47(2,36-15-7-4-8-16-36)37-25-29-39(30-26-37)48(38-27-22-33(23-28-38)32-12-5-3-6-13-32)43-19-11-18-41-42-31-24-35-21-20-34-14-9-10-17-40(34)44(35)46(42)49-45(41)43/h3-31H,1-2H3. The molecular formula is C47H35NSe. The van der Waals surface area contributed by atoms with Crippen molar-refractivity contribution in [1.82, 2.24) is 0 Å². The quantitative estimate of drug-likeness (QED) is 0.124. The molecule has 0 amide bonds. The van der Waals surface area contributed by atoms with Gasteiger partial charge in [-0.1, -0.05) is 0 Å². The molecule has 0 saturated heterocycles. The van der Waals surface area contributed by atoms with Crippen LogP contribution in [-0.4, -0.2) is 14.5 Å². The van der Waals surface area contributed by atoms with E-state index < -0.39 is 0 Å². The van der Waals surface area contributed by atoms with Crippen molar-refractivity contribution >= 4 is 72.4 Å².